The molecule has 0 unspecified atom stereocenters. The average Bonchev–Trinajstić information content (AvgIpc) is 2.31. The molecule has 2 atom stereocenters. The van der Waals surface area contributed by atoms with E-state index >= 15 is 0 Å². The molecule has 0 bridgehead atoms. The van der Waals surface area contributed by atoms with E-state index in [4.69, 9.17) is 15.7 Å². The van der Waals surface area contributed by atoms with Crippen molar-refractivity contribution < 1.29 is 9.59 Å². The monoisotopic (exact) mass is 232 g/mol. The number of hydrogen-bond acceptors (Lipinski definition) is 4. The molecule has 0 aromatic rings. The molecule has 5 nitrogen and oxygen atoms in total. The summed E-state index contributed by atoms with van der Waals surface area (Å²) in [5.41, 5.74) is 0. The van der Waals surface area contributed by atoms with E-state index in [2.05, 4.69) is 10.5 Å². The molecule has 0 aliphatic rings. The fourth-order valence-electron chi connectivity index (χ4n) is 1.30. The van der Waals surface area contributed by atoms with Crippen LogP contribution < -0.4 is 10.5 Å². The zero-order valence-electron chi connectivity index (χ0n) is 10.6. The third-order valence-corrected chi connectivity index (χ3v) is 2.48. The topological polar surface area (TPSA) is 61.4 Å². The van der Waals surface area contributed by atoms with Crippen LogP contribution in [0.1, 0.15) is 20.3 Å². The lowest BCUT2D eigenvalue weighted by Gasteiger charge is -2.28. The van der Waals surface area contributed by atoms with Gasteiger partial charge >= 0.3 is 0 Å². The second kappa shape index (κ2) is 8.36. The number of hydrogen-bond donors (Lipinski definition) is 2. The fourth-order valence-corrected chi connectivity index (χ4v) is 1.30. The number of ketones is 1. The fraction of sp³-hybridized carbons (Fsp3) is 0.778. The van der Waals surface area contributed by atoms with Gasteiger partial charge in [-0.1, -0.05) is 0 Å². The average molecular weight is 232 g/mol. The van der Waals surface area contributed by atoms with Crippen LogP contribution in [-0.2, 0) is 9.59 Å². The van der Waals surface area contributed by atoms with E-state index in [1.54, 1.807) is 14.0 Å². The summed E-state index contributed by atoms with van der Waals surface area (Å²) in [6, 6.07) is -0.830. The first-order chi connectivity index (χ1) is 7.93. The Labute approximate surface area is 106 Å². The highest BCUT2D eigenvalue weighted by Crippen LogP contribution is 1.99. The van der Waals surface area contributed by atoms with Gasteiger partial charge in [0.05, 0.1) is 6.04 Å². The van der Waals surface area contributed by atoms with E-state index in [-0.39, 0.29) is 17.7 Å². The number of carbonyl (C=O) groups is 2. The van der Waals surface area contributed by atoms with Crippen LogP contribution in [0.15, 0.2) is 0 Å². The van der Waals surface area contributed by atoms with E-state index in [0.717, 1.165) is 0 Å². The lowest BCUT2D eigenvalue weighted by molar-refractivity contribution is -0.132. The van der Waals surface area contributed by atoms with Gasteiger partial charge in [0.25, 0.3) is 0 Å². The lowest BCUT2D eigenvalue weighted by Crippen LogP contribution is -2.56. The van der Waals surface area contributed by atoms with E-state index in [9.17, 15) is 9.59 Å². The molecule has 0 spiro atoms. The van der Waals surface area contributed by atoms with Crippen molar-refractivity contribution >= 4 is 34.7 Å². The standard InChI is InChI=1S/C9H17B3N3O2/c1-6(16)4-5-15(3)9(17)8(14-12-10)7(2)13-11/h7-8,13-14H,4-5H2,1-3H3/t7-,8-/m0/s1. The summed E-state index contributed by atoms with van der Waals surface area (Å²) in [5, 5.41) is 5.23. The van der Waals surface area contributed by atoms with Crippen molar-refractivity contribution in [1.82, 2.24) is 15.4 Å². The van der Waals surface area contributed by atoms with Gasteiger partial charge in [-0.3, -0.25) is 9.59 Å². The summed E-state index contributed by atoms with van der Waals surface area (Å²) in [6.45, 7) is 3.64. The zero-order chi connectivity index (χ0) is 13.4. The summed E-state index contributed by atoms with van der Waals surface area (Å²) in [6.07, 6.45) is 0.339. The number of rotatable bonds is 8. The van der Waals surface area contributed by atoms with Crippen molar-refractivity contribution in [1.29, 1.82) is 0 Å². The molecular formula is C9H17B3N3O2. The third-order valence-electron chi connectivity index (χ3n) is 2.48. The highest BCUT2D eigenvalue weighted by atomic mass is 16.2. The Morgan fingerprint density at radius 1 is 1.47 bits per heavy atom. The number of nitrogens with one attached hydrogen (secondary N) is 2. The first-order valence-electron chi connectivity index (χ1n) is 5.44. The van der Waals surface area contributed by atoms with Crippen molar-refractivity contribution in [2.24, 2.45) is 0 Å². The smallest absolute Gasteiger partial charge is 0.239 e. The van der Waals surface area contributed by atoms with Crippen molar-refractivity contribution in [2.75, 3.05) is 13.6 Å². The van der Waals surface area contributed by atoms with Crippen molar-refractivity contribution in [2.45, 2.75) is 32.4 Å². The highest BCUT2D eigenvalue weighted by Gasteiger charge is 2.25. The third kappa shape index (κ3) is 5.93. The van der Waals surface area contributed by atoms with Crippen LogP contribution in [0.2, 0.25) is 0 Å². The Balaban J connectivity index is 4.43. The molecule has 0 rings (SSSR count). The molecule has 0 aliphatic carbocycles. The van der Waals surface area contributed by atoms with Crippen LogP contribution >= 0.6 is 0 Å². The van der Waals surface area contributed by atoms with Crippen LogP contribution in [0.25, 0.3) is 0 Å². The molecule has 2 N–H and O–H groups in total. The van der Waals surface area contributed by atoms with Crippen LogP contribution in [0.3, 0.4) is 0 Å². The summed E-state index contributed by atoms with van der Waals surface area (Å²) >= 11 is 0. The SMILES string of the molecule is [B][B]N[C@H](C(=O)N(C)CCC(C)=O)[C@H](C)N[B]. The van der Waals surface area contributed by atoms with Crippen molar-refractivity contribution in [3.63, 3.8) is 0 Å². The molecule has 0 heterocycles. The minimum atomic E-state index is -0.554. The van der Waals surface area contributed by atoms with Gasteiger partial charge in [-0.15, -0.1) is 0 Å². The van der Waals surface area contributed by atoms with Gasteiger partial charge in [0, 0.05) is 33.8 Å². The minimum Gasteiger partial charge on any atom is -0.362 e. The molecule has 0 saturated heterocycles. The molecular weight excluding hydrogens is 215 g/mol. The van der Waals surface area contributed by atoms with Gasteiger partial charge in [-0.05, 0) is 13.8 Å². The van der Waals surface area contributed by atoms with Gasteiger partial charge in [0.1, 0.15) is 13.1 Å². The molecule has 8 heteroatoms. The molecule has 17 heavy (non-hydrogen) atoms. The molecule has 5 radical (unpaired) electrons. The Morgan fingerprint density at radius 3 is 2.47 bits per heavy atom. The number of Topliss-reactive ketones (excluding diaryl/α,β-unsaturated/α-hetero) is 1. The Hall–Kier alpha value is -0.745. The van der Waals surface area contributed by atoms with E-state index < -0.39 is 6.04 Å². The molecule has 0 aromatic carbocycles. The first-order valence-corrected chi connectivity index (χ1v) is 5.44. The van der Waals surface area contributed by atoms with Crippen LogP contribution in [-0.4, -0.2) is 65.3 Å². The maximum atomic E-state index is 12.0. The second-order valence-corrected chi connectivity index (χ2v) is 3.98. The predicted octanol–water partition coefficient (Wildman–Crippen LogP) is -1.85. The van der Waals surface area contributed by atoms with E-state index in [1.807, 2.05) is 0 Å². The molecule has 1 amide bonds. The summed E-state index contributed by atoms with van der Waals surface area (Å²) < 4.78 is 0. The number of nitrogens with zero attached hydrogens (tertiary/aromatic N) is 1. The number of carbonyl (C=O) groups excluding carboxylic acids is 2. The lowest BCUT2D eigenvalue weighted by atomic mass is 9.66. The van der Waals surface area contributed by atoms with E-state index in [0.29, 0.717) is 13.0 Å². The number of amides is 1. The molecule has 89 valence electrons. The maximum Gasteiger partial charge on any atom is 0.239 e. The minimum absolute atomic E-state index is 0.0459. The van der Waals surface area contributed by atoms with Crippen molar-refractivity contribution in [3.8, 4) is 0 Å². The molecule has 0 saturated carbocycles. The largest absolute Gasteiger partial charge is 0.362 e. The van der Waals surface area contributed by atoms with Crippen LogP contribution in [0.5, 0.6) is 0 Å². The Morgan fingerprint density at radius 2 is 2.06 bits per heavy atom. The van der Waals surface area contributed by atoms with Gasteiger partial charge < -0.3 is 15.4 Å². The summed E-state index contributed by atoms with van der Waals surface area (Å²) in [7, 11) is 13.4. The second-order valence-electron chi connectivity index (χ2n) is 3.98. The quantitative estimate of drug-likeness (QED) is 0.482. The van der Waals surface area contributed by atoms with Crippen LogP contribution in [0, 0.1) is 0 Å². The zero-order valence-corrected chi connectivity index (χ0v) is 10.6. The van der Waals surface area contributed by atoms with Crippen LogP contribution in [0.4, 0.5) is 0 Å². The van der Waals surface area contributed by atoms with Gasteiger partial charge in [-0.25, -0.2) is 0 Å². The first kappa shape index (κ1) is 16.3. The predicted molar refractivity (Wildman–Crippen MR) is 69.7 cm³/mol. The summed E-state index contributed by atoms with van der Waals surface area (Å²) in [4.78, 5) is 24.4. The number of likely N-dealkylation sites (N-methyl/N-ethyl adjacent to an activating group) is 1. The van der Waals surface area contributed by atoms with Gasteiger partial charge in [-0.2, -0.15) is 0 Å². The molecule has 0 aliphatic heterocycles. The Bertz CT molecular complexity index is 266. The molecule has 0 fully saturated rings. The van der Waals surface area contributed by atoms with Crippen molar-refractivity contribution in [3.05, 3.63) is 0 Å². The van der Waals surface area contributed by atoms with Gasteiger partial charge in [0.15, 0.2) is 7.98 Å². The normalized spacial score (nSPS) is 13.8. The molecule has 0 aromatic heterocycles. The van der Waals surface area contributed by atoms with E-state index in [1.165, 1.54) is 19.1 Å². The highest BCUT2D eigenvalue weighted by molar-refractivity contribution is 6.87. The summed E-state index contributed by atoms with van der Waals surface area (Å²) in [5.74, 6) is -0.122. The van der Waals surface area contributed by atoms with Gasteiger partial charge in [0.2, 0.25) is 5.91 Å². The Kier molecular flexibility index (Phi) is 7.99. The maximum absolute atomic E-state index is 12.0.